The van der Waals surface area contributed by atoms with Crippen molar-refractivity contribution >= 4 is 22.4 Å². The van der Waals surface area contributed by atoms with Crippen LogP contribution in [0.4, 0.5) is 11.4 Å². The van der Waals surface area contributed by atoms with Gasteiger partial charge in [-0.25, -0.2) is 4.98 Å². The molecule has 0 atom stereocenters. The standard InChI is InChI=1S/C21H28N6/c1-2-3-16-11-17-20(26-15-6-4-13(22)5-7-15)18(12-25-21(17)27-16)19-10-14(23)8-9-24-19/h8-13,15H,2-7,22H2,1H3,(H2,23,24)(H2,25,26,27). The Bertz CT molecular complexity index is 924. The maximum Gasteiger partial charge on any atom is 0.139 e. The first kappa shape index (κ1) is 17.8. The predicted octanol–water partition coefficient (Wildman–Crippen LogP) is 3.84. The molecule has 0 unspecified atom stereocenters. The second-order valence-corrected chi connectivity index (χ2v) is 7.58. The molecule has 0 amide bonds. The van der Waals surface area contributed by atoms with Crippen molar-refractivity contribution in [2.24, 2.45) is 5.73 Å². The van der Waals surface area contributed by atoms with Crippen molar-refractivity contribution in [3.63, 3.8) is 0 Å². The molecule has 3 heterocycles. The lowest BCUT2D eigenvalue weighted by atomic mass is 9.91. The third-order valence-electron chi connectivity index (χ3n) is 5.41. The van der Waals surface area contributed by atoms with Gasteiger partial charge in [0.15, 0.2) is 0 Å². The fourth-order valence-electron chi connectivity index (χ4n) is 3.94. The van der Waals surface area contributed by atoms with Crippen LogP contribution in [0.2, 0.25) is 0 Å². The Morgan fingerprint density at radius 2 is 2.00 bits per heavy atom. The van der Waals surface area contributed by atoms with Crippen LogP contribution in [0.5, 0.6) is 0 Å². The second-order valence-electron chi connectivity index (χ2n) is 7.58. The zero-order valence-corrected chi connectivity index (χ0v) is 15.8. The fraction of sp³-hybridized carbons (Fsp3) is 0.429. The maximum absolute atomic E-state index is 6.09. The number of nitrogens with one attached hydrogen (secondary N) is 2. The van der Waals surface area contributed by atoms with Gasteiger partial charge in [-0.1, -0.05) is 13.3 Å². The highest BCUT2D eigenvalue weighted by molar-refractivity contribution is 5.98. The Kier molecular flexibility index (Phi) is 4.99. The molecule has 0 spiro atoms. The van der Waals surface area contributed by atoms with E-state index >= 15 is 0 Å². The summed E-state index contributed by atoms with van der Waals surface area (Å²) in [6.45, 7) is 2.19. The number of fused-ring (bicyclic) bond motifs is 1. The summed E-state index contributed by atoms with van der Waals surface area (Å²) in [4.78, 5) is 12.6. The molecule has 1 saturated carbocycles. The van der Waals surface area contributed by atoms with Crippen LogP contribution in [-0.2, 0) is 6.42 Å². The number of nitrogens with two attached hydrogens (primary N) is 2. The number of aromatic amines is 1. The molecule has 6 N–H and O–H groups in total. The molecule has 3 aromatic rings. The van der Waals surface area contributed by atoms with E-state index in [4.69, 9.17) is 11.5 Å². The lowest BCUT2D eigenvalue weighted by Gasteiger charge is -2.28. The SMILES string of the molecule is CCCc1cc2c(NC3CCC(N)CC3)c(-c3cc(N)ccn3)cnc2[nH]1. The molecule has 3 aromatic heterocycles. The summed E-state index contributed by atoms with van der Waals surface area (Å²) in [5, 5.41) is 4.91. The minimum atomic E-state index is 0.332. The quantitative estimate of drug-likeness (QED) is 0.550. The average molecular weight is 364 g/mol. The topological polar surface area (TPSA) is 106 Å². The predicted molar refractivity (Wildman–Crippen MR) is 112 cm³/mol. The van der Waals surface area contributed by atoms with Crippen LogP contribution in [0, 0.1) is 0 Å². The number of nitrogen functional groups attached to an aromatic ring is 1. The van der Waals surface area contributed by atoms with E-state index in [-0.39, 0.29) is 0 Å². The van der Waals surface area contributed by atoms with Gasteiger partial charge in [0.05, 0.1) is 11.4 Å². The normalized spacial score (nSPS) is 20.1. The molecule has 0 bridgehead atoms. The van der Waals surface area contributed by atoms with Crippen molar-refractivity contribution in [2.45, 2.75) is 57.5 Å². The smallest absolute Gasteiger partial charge is 0.139 e. The van der Waals surface area contributed by atoms with E-state index in [1.807, 2.05) is 12.3 Å². The summed E-state index contributed by atoms with van der Waals surface area (Å²) in [6.07, 6.45) is 10.0. The number of aromatic nitrogens is 3. The van der Waals surface area contributed by atoms with Crippen molar-refractivity contribution in [3.8, 4) is 11.3 Å². The van der Waals surface area contributed by atoms with E-state index in [1.54, 1.807) is 12.3 Å². The number of pyridine rings is 2. The summed E-state index contributed by atoms with van der Waals surface area (Å²) in [5.74, 6) is 0. The largest absolute Gasteiger partial charge is 0.399 e. The molecule has 0 saturated heterocycles. The summed E-state index contributed by atoms with van der Waals surface area (Å²) in [6, 6.07) is 6.68. The van der Waals surface area contributed by atoms with E-state index in [2.05, 4.69) is 33.3 Å². The van der Waals surface area contributed by atoms with Gasteiger partial charge in [0.1, 0.15) is 5.65 Å². The minimum Gasteiger partial charge on any atom is -0.399 e. The van der Waals surface area contributed by atoms with Gasteiger partial charge in [0.25, 0.3) is 0 Å². The Labute approximate surface area is 159 Å². The van der Waals surface area contributed by atoms with Gasteiger partial charge in [-0.2, -0.15) is 0 Å². The Hall–Kier alpha value is -2.60. The lowest BCUT2D eigenvalue weighted by Crippen LogP contribution is -2.33. The Balaban J connectivity index is 1.78. The third kappa shape index (κ3) is 3.76. The summed E-state index contributed by atoms with van der Waals surface area (Å²) in [7, 11) is 0. The number of nitrogens with zero attached hydrogens (tertiary/aromatic N) is 2. The van der Waals surface area contributed by atoms with Crippen molar-refractivity contribution in [1.29, 1.82) is 0 Å². The molecular weight excluding hydrogens is 336 g/mol. The highest BCUT2D eigenvalue weighted by Gasteiger charge is 2.22. The maximum atomic E-state index is 6.09. The van der Waals surface area contributed by atoms with Crippen LogP contribution in [0.3, 0.4) is 0 Å². The van der Waals surface area contributed by atoms with Crippen LogP contribution in [0.1, 0.15) is 44.7 Å². The monoisotopic (exact) mass is 364 g/mol. The van der Waals surface area contributed by atoms with E-state index in [0.29, 0.717) is 17.8 Å². The highest BCUT2D eigenvalue weighted by Crippen LogP contribution is 2.35. The van der Waals surface area contributed by atoms with Crippen molar-refractivity contribution in [2.75, 3.05) is 11.1 Å². The van der Waals surface area contributed by atoms with Crippen molar-refractivity contribution < 1.29 is 0 Å². The first-order valence-electron chi connectivity index (χ1n) is 9.88. The lowest BCUT2D eigenvalue weighted by molar-refractivity contribution is 0.411. The minimum absolute atomic E-state index is 0.332. The summed E-state index contributed by atoms with van der Waals surface area (Å²) < 4.78 is 0. The van der Waals surface area contributed by atoms with E-state index in [0.717, 1.165) is 66.5 Å². The van der Waals surface area contributed by atoms with Crippen LogP contribution < -0.4 is 16.8 Å². The van der Waals surface area contributed by atoms with Gasteiger partial charge < -0.3 is 21.8 Å². The molecule has 1 aliphatic carbocycles. The molecule has 1 aliphatic rings. The van der Waals surface area contributed by atoms with Crippen molar-refractivity contribution in [3.05, 3.63) is 36.3 Å². The molecule has 27 heavy (non-hydrogen) atoms. The molecule has 142 valence electrons. The number of aryl methyl sites for hydroxylation is 1. The molecular formula is C21H28N6. The van der Waals surface area contributed by atoms with Gasteiger partial charge >= 0.3 is 0 Å². The second kappa shape index (κ2) is 7.56. The van der Waals surface area contributed by atoms with Crippen LogP contribution in [0.15, 0.2) is 30.6 Å². The first-order valence-corrected chi connectivity index (χ1v) is 9.88. The van der Waals surface area contributed by atoms with Crippen molar-refractivity contribution in [1.82, 2.24) is 15.0 Å². The van der Waals surface area contributed by atoms with E-state index in [1.165, 1.54) is 5.69 Å². The number of hydrogen-bond acceptors (Lipinski definition) is 5. The summed E-state index contributed by atoms with van der Waals surface area (Å²) >= 11 is 0. The van der Waals surface area contributed by atoms with Crippen LogP contribution >= 0.6 is 0 Å². The van der Waals surface area contributed by atoms with Crippen LogP contribution in [-0.4, -0.2) is 27.0 Å². The zero-order chi connectivity index (χ0) is 18.8. The van der Waals surface area contributed by atoms with E-state index < -0.39 is 0 Å². The first-order chi connectivity index (χ1) is 13.1. The average Bonchev–Trinajstić information content (AvgIpc) is 3.07. The summed E-state index contributed by atoms with van der Waals surface area (Å²) in [5.41, 5.74) is 17.9. The molecule has 0 radical (unpaired) electrons. The number of hydrogen-bond donors (Lipinski definition) is 4. The van der Waals surface area contributed by atoms with Gasteiger partial charge in [-0.15, -0.1) is 0 Å². The fourth-order valence-corrected chi connectivity index (χ4v) is 3.94. The molecule has 0 aliphatic heterocycles. The van der Waals surface area contributed by atoms with Gasteiger partial charge in [-0.05, 0) is 50.3 Å². The number of rotatable bonds is 5. The van der Waals surface area contributed by atoms with Gasteiger partial charge in [-0.3, -0.25) is 4.98 Å². The van der Waals surface area contributed by atoms with Crippen LogP contribution in [0.25, 0.3) is 22.3 Å². The third-order valence-corrected chi connectivity index (χ3v) is 5.41. The molecule has 6 nitrogen and oxygen atoms in total. The molecule has 0 aromatic carbocycles. The highest BCUT2D eigenvalue weighted by atomic mass is 15.0. The Morgan fingerprint density at radius 3 is 2.74 bits per heavy atom. The Morgan fingerprint density at radius 1 is 1.19 bits per heavy atom. The zero-order valence-electron chi connectivity index (χ0n) is 15.8. The molecule has 1 fully saturated rings. The van der Waals surface area contributed by atoms with E-state index in [9.17, 15) is 0 Å². The molecule has 6 heteroatoms. The van der Waals surface area contributed by atoms with Gasteiger partial charge in [0, 0.05) is 46.8 Å². The number of anilines is 2. The molecule has 4 rings (SSSR count). The van der Waals surface area contributed by atoms with Gasteiger partial charge in [0.2, 0.25) is 0 Å². The number of H-pyrrole nitrogens is 1.